The first kappa shape index (κ1) is 50.7. The molecular formula is C31H52N7O17P3S. The molecule has 7 atom stereocenters. The smallest absolute Gasteiger partial charge is 0.386 e. The van der Waals surface area contributed by atoms with Crippen molar-refractivity contribution in [2.75, 3.05) is 37.8 Å². The molecule has 1 fully saturated rings. The number of nitrogens with zero attached hydrogens (tertiary/aromatic N) is 4. The summed E-state index contributed by atoms with van der Waals surface area (Å²) >= 11 is 1.06. The fourth-order valence-corrected chi connectivity index (χ4v) is 8.80. The van der Waals surface area contributed by atoms with E-state index < -0.39 is 84.6 Å². The zero-order chi connectivity index (χ0) is 44.0. The molecule has 24 nitrogen and oxygen atoms in total. The highest BCUT2D eigenvalue weighted by Crippen LogP contribution is 2.61. The van der Waals surface area contributed by atoms with Crippen LogP contribution in [0.1, 0.15) is 71.9 Å². The molecule has 1 saturated heterocycles. The van der Waals surface area contributed by atoms with Gasteiger partial charge in [-0.05, 0) is 18.9 Å². The lowest BCUT2D eigenvalue weighted by Crippen LogP contribution is -2.46. The van der Waals surface area contributed by atoms with Gasteiger partial charge in [0.2, 0.25) is 16.9 Å². The number of imidazole rings is 1. The molecule has 2 unspecified atom stereocenters. The van der Waals surface area contributed by atoms with Gasteiger partial charge in [0.25, 0.3) is 0 Å². The van der Waals surface area contributed by atoms with Crippen LogP contribution in [0.2, 0.25) is 0 Å². The van der Waals surface area contributed by atoms with Crippen molar-refractivity contribution in [2.45, 2.75) is 96.4 Å². The van der Waals surface area contributed by atoms with E-state index >= 15 is 0 Å². The van der Waals surface area contributed by atoms with Crippen LogP contribution in [0, 0.1) is 5.41 Å². The largest absolute Gasteiger partial charge is 0.481 e. The fraction of sp³-hybridized carbons (Fsp3) is 0.677. The van der Waals surface area contributed by atoms with Gasteiger partial charge in [0.05, 0.1) is 19.5 Å². The Hall–Kier alpha value is -2.70. The molecule has 28 heteroatoms. The highest BCUT2D eigenvalue weighted by molar-refractivity contribution is 8.14. The molecule has 10 N–H and O–H groups in total. The first-order chi connectivity index (χ1) is 27.6. The Labute approximate surface area is 343 Å². The summed E-state index contributed by atoms with van der Waals surface area (Å²) in [5.41, 5.74) is 4.27. The van der Waals surface area contributed by atoms with Gasteiger partial charge in [-0.1, -0.05) is 64.3 Å². The quantitative estimate of drug-likeness (QED) is 0.0367. The van der Waals surface area contributed by atoms with Crippen molar-refractivity contribution < 1.29 is 80.5 Å². The Bertz CT molecular complexity index is 1900. The van der Waals surface area contributed by atoms with Crippen molar-refractivity contribution in [3.05, 3.63) is 24.8 Å². The number of nitrogens with one attached hydrogen (secondary N) is 2. The number of amides is 2. The third-order valence-corrected chi connectivity index (χ3v) is 12.4. The van der Waals surface area contributed by atoms with E-state index in [0.29, 0.717) is 5.75 Å². The van der Waals surface area contributed by atoms with E-state index in [-0.39, 0.29) is 41.6 Å². The molecule has 3 rings (SSSR count). The Kier molecular flexibility index (Phi) is 19.7. The fourth-order valence-electron chi connectivity index (χ4n) is 5.38. The number of carbonyl (C=O) groups is 3. The molecular weight excluding hydrogens is 867 g/mol. The van der Waals surface area contributed by atoms with Crippen molar-refractivity contribution in [2.24, 2.45) is 5.41 Å². The number of aromatic nitrogens is 4. The highest BCUT2D eigenvalue weighted by atomic mass is 32.2. The number of hydrogen-bond acceptors (Lipinski definition) is 18. The third-order valence-electron chi connectivity index (χ3n) is 8.47. The van der Waals surface area contributed by atoms with Gasteiger partial charge in [0.1, 0.15) is 36.3 Å². The lowest BCUT2D eigenvalue weighted by atomic mass is 9.87. The number of unbranched alkanes of at least 4 members (excludes halogenated alkanes) is 5. The number of fused-ring (bicyclic) bond motifs is 1. The first-order valence-corrected chi connectivity index (χ1v) is 23.8. The van der Waals surface area contributed by atoms with E-state index in [1.54, 1.807) is 0 Å². The number of carbonyl (C=O) groups excluding carboxylic acids is 3. The number of aliphatic hydroxyl groups is 2. The Morgan fingerprint density at radius 3 is 2.42 bits per heavy atom. The summed E-state index contributed by atoms with van der Waals surface area (Å²) in [4.78, 5) is 87.7. The Balaban J connectivity index is 1.43. The second-order valence-electron chi connectivity index (χ2n) is 13.8. The molecule has 3 heterocycles. The minimum atomic E-state index is -5.57. The van der Waals surface area contributed by atoms with Crippen molar-refractivity contribution in [1.29, 1.82) is 0 Å². The minimum Gasteiger partial charge on any atom is -0.386 e. The van der Waals surface area contributed by atoms with Gasteiger partial charge in [0, 0.05) is 30.7 Å². The lowest BCUT2D eigenvalue weighted by Gasteiger charge is -2.30. The van der Waals surface area contributed by atoms with Crippen LogP contribution >= 0.6 is 35.2 Å². The Morgan fingerprint density at radius 1 is 1.03 bits per heavy atom. The van der Waals surface area contributed by atoms with E-state index in [4.69, 9.17) is 19.5 Å². The van der Waals surface area contributed by atoms with Gasteiger partial charge in [-0.3, -0.25) is 32.5 Å². The van der Waals surface area contributed by atoms with Crippen molar-refractivity contribution in [3.63, 3.8) is 0 Å². The molecule has 2 amide bonds. The molecule has 0 spiro atoms. The van der Waals surface area contributed by atoms with Crippen molar-refractivity contribution >= 4 is 69.1 Å². The van der Waals surface area contributed by atoms with E-state index in [2.05, 4.69) is 41.3 Å². The Morgan fingerprint density at radius 2 is 1.73 bits per heavy atom. The monoisotopic (exact) mass is 919 g/mol. The number of rotatable bonds is 26. The summed E-state index contributed by atoms with van der Waals surface area (Å²) < 4.78 is 62.2. The summed E-state index contributed by atoms with van der Waals surface area (Å²) in [6.45, 7) is 2.65. The third kappa shape index (κ3) is 16.9. The van der Waals surface area contributed by atoms with E-state index in [1.807, 2.05) is 6.08 Å². The average molecular weight is 920 g/mol. The summed E-state index contributed by atoms with van der Waals surface area (Å²) in [5, 5.41) is 26.3. The molecule has 2 aromatic heterocycles. The van der Waals surface area contributed by atoms with Crippen molar-refractivity contribution in [3.8, 4) is 0 Å². The van der Waals surface area contributed by atoms with E-state index in [0.717, 1.165) is 54.7 Å². The SMILES string of the molecule is CCCCCCC/C=C/C(=O)SCCNC(=O)CCNC(=O)[C@H](O)C(C)(C)COP(=O)(O)OP(=O)(O)OC[C@H]1O[C@@H](n2cnc3c(N)ncnc32)[C@H](O)[C@@H]1OP(=O)(O)O. The highest BCUT2D eigenvalue weighted by Gasteiger charge is 2.50. The van der Waals surface area contributed by atoms with Crippen LogP contribution in [0.25, 0.3) is 11.2 Å². The van der Waals surface area contributed by atoms with Gasteiger partial charge in [-0.15, -0.1) is 0 Å². The summed E-state index contributed by atoms with van der Waals surface area (Å²) in [7, 11) is -16.4. The van der Waals surface area contributed by atoms with Crippen LogP contribution in [0.3, 0.4) is 0 Å². The van der Waals surface area contributed by atoms with E-state index in [1.165, 1.54) is 32.8 Å². The predicted octanol–water partition coefficient (Wildman–Crippen LogP) is 1.58. The number of phosphoric acid groups is 3. The number of ether oxygens (including phenoxy) is 1. The standard InChI is InChI=1S/C31H52N7O17P3S/c1-4-5-6-7-8-9-10-11-22(40)59-15-14-33-21(39)12-13-34-29(43)26(42)31(2,3)17-52-58(49,50)55-57(47,48)51-16-20-25(54-56(44,45)46)24(41)30(53-20)38-19-37-23-27(32)35-18-36-28(23)38/h10-11,18-20,24-26,30,41-42H,4-9,12-17H2,1-3H3,(H,33,39)(H,34,43)(H,47,48)(H,49,50)(H2,32,35,36)(H2,44,45,46)/b11-10+/t20-,24-,25-,26+,30-/m1/s1. The second-order valence-corrected chi connectivity index (χ2v) is 19.2. The zero-order valence-corrected chi connectivity index (χ0v) is 36.0. The topological polar surface area (TPSA) is 364 Å². The molecule has 0 aromatic carbocycles. The number of aliphatic hydroxyl groups excluding tert-OH is 2. The van der Waals surface area contributed by atoms with Gasteiger partial charge in [0.15, 0.2) is 17.7 Å². The second kappa shape index (κ2) is 22.9. The molecule has 0 aliphatic carbocycles. The van der Waals surface area contributed by atoms with Crippen LogP contribution in [-0.2, 0) is 50.7 Å². The summed E-state index contributed by atoms with van der Waals surface area (Å²) in [6.07, 6.45) is 2.97. The van der Waals surface area contributed by atoms with Crippen LogP contribution in [0.15, 0.2) is 24.8 Å². The molecule has 0 bridgehead atoms. The maximum Gasteiger partial charge on any atom is 0.481 e. The maximum absolute atomic E-state index is 12.7. The van der Waals surface area contributed by atoms with Crippen LogP contribution in [-0.4, -0.2) is 123 Å². The summed E-state index contributed by atoms with van der Waals surface area (Å²) in [5.74, 6) is -1.11. The average Bonchev–Trinajstić information content (AvgIpc) is 3.71. The number of anilines is 1. The van der Waals surface area contributed by atoms with Crippen LogP contribution < -0.4 is 16.4 Å². The first-order valence-electron chi connectivity index (χ1n) is 18.3. The van der Waals surface area contributed by atoms with Gasteiger partial charge in [-0.2, -0.15) is 4.31 Å². The van der Waals surface area contributed by atoms with E-state index in [9.17, 15) is 57.9 Å². The van der Waals surface area contributed by atoms with Crippen LogP contribution in [0.4, 0.5) is 5.82 Å². The van der Waals surface area contributed by atoms with Gasteiger partial charge < -0.3 is 50.9 Å². The summed E-state index contributed by atoms with van der Waals surface area (Å²) in [6, 6.07) is 0. The molecule has 2 aromatic rings. The molecule has 0 saturated carbocycles. The number of nitrogen functional groups attached to an aromatic ring is 1. The number of hydrogen-bond donors (Lipinski definition) is 9. The van der Waals surface area contributed by atoms with Crippen LogP contribution in [0.5, 0.6) is 0 Å². The number of phosphoric ester groups is 3. The van der Waals surface area contributed by atoms with Gasteiger partial charge >= 0.3 is 23.5 Å². The molecule has 1 aliphatic rings. The molecule has 334 valence electrons. The number of allylic oxidation sites excluding steroid dienone is 1. The number of nitrogens with two attached hydrogens (primary N) is 1. The van der Waals surface area contributed by atoms with Gasteiger partial charge in [-0.25, -0.2) is 28.6 Å². The predicted molar refractivity (Wildman–Crippen MR) is 210 cm³/mol. The minimum absolute atomic E-state index is 0.0313. The molecule has 59 heavy (non-hydrogen) atoms. The maximum atomic E-state index is 12.7. The van der Waals surface area contributed by atoms with Crippen molar-refractivity contribution in [1.82, 2.24) is 30.2 Å². The zero-order valence-electron chi connectivity index (χ0n) is 32.5. The number of thioether (sulfide) groups is 1. The molecule has 0 radical (unpaired) electrons. The normalized spacial score (nSPS) is 21.3. The molecule has 1 aliphatic heterocycles. The lowest BCUT2D eigenvalue weighted by molar-refractivity contribution is -0.137.